The average Bonchev–Trinajstić information content (AvgIpc) is 3.35. The first kappa shape index (κ1) is 16.7. The van der Waals surface area contributed by atoms with Gasteiger partial charge in [-0.05, 0) is 55.5 Å². The van der Waals surface area contributed by atoms with E-state index in [9.17, 15) is 4.79 Å². The van der Waals surface area contributed by atoms with Gasteiger partial charge in [-0.25, -0.2) is 9.97 Å². The van der Waals surface area contributed by atoms with E-state index in [0.717, 1.165) is 31.5 Å². The summed E-state index contributed by atoms with van der Waals surface area (Å²) in [5.74, 6) is 1.93. The van der Waals surface area contributed by atoms with E-state index in [4.69, 9.17) is 5.73 Å². The van der Waals surface area contributed by atoms with Crippen molar-refractivity contribution in [3.8, 4) is 0 Å². The highest BCUT2D eigenvalue weighted by molar-refractivity contribution is 8.00. The Morgan fingerprint density at radius 3 is 2.84 bits per heavy atom. The van der Waals surface area contributed by atoms with Gasteiger partial charge in [0.2, 0.25) is 0 Å². The maximum atomic E-state index is 12.5. The number of ketones is 1. The van der Waals surface area contributed by atoms with Gasteiger partial charge in [-0.15, -0.1) is 11.3 Å². The average molecular weight is 370 g/mol. The molecule has 25 heavy (non-hydrogen) atoms. The van der Waals surface area contributed by atoms with Gasteiger partial charge in [-0.2, -0.15) is 0 Å². The van der Waals surface area contributed by atoms with E-state index in [1.165, 1.54) is 41.5 Å². The summed E-state index contributed by atoms with van der Waals surface area (Å²) in [6, 6.07) is 10.2. The number of thioether (sulfide) groups is 1. The van der Waals surface area contributed by atoms with Crippen LogP contribution >= 0.6 is 23.1 Å². The summed E-state index contributed by atoms with van der Waals surface area (Å²) in [5.41, 5.74) is 7.94. The Morgan fingerprint density at radius 2 is 2.12 bits per heavy atom. The van der Waals surface area contributed by atoms with Crippen LogP contribution in [0.1, 0.15) is 44.7 Å². The highest BCUT2D eigenvalue weighted by Gasteiger charge is 2.24. The van der Waals surface area contributed by atoms with Crippen molar-refractivity contribution in [2.24, 2.45) is 5.73 Å². The Labute approximate surface area is 154 Å². The third-order valence-electron chi connectivity index (χ3n) is 4.32. The first-order valence-electron chi connectivity index (χ1n) is 8.37. The van der Waals surface area contributed by atoms with Crippen molar-refractivity contribution in [3.05, 3.63) is 51.5 Å². The summed E-state index contributed by atoms with van der Waals surface area (Å²) in [6.45, 7) is 2.37. The lowest BCUT2D eigenvalue weighted by atomic mass is 10.1. The van der Waals surface area contributed by atoms with Crippen LogP contribution in [0, 0.1) is 6.92 Å². The predicted molar refractivity (Wildman–Crippen MR) is 104 cm³/mol. The predicted octanol–water partition coefficient (Wildman–Crippen LogP) is 4.31. The van der Waals surface area contributed by atoms with Crippen LogP contribution in [0.2, 0.25) is 0 Å². The SMILES string of the molecule is Cc1nc(SCC(=O)c2ccc(CN)s2)c2cc(C3CC3)ccc2n1. The molecular formula is C19H19N3OS2. The molecule has 2 N–H and O–H groups in total. The van der Waals surface area contributed by atoms with E-state index in [0.29, 0.717) is 18.2 Å². The number of aromatic nitrogens is 2. The Bertz CT molecular complexity index is 947. The molecule has 0 bridgehead atoms. The second-order valence-electron chi connectivity index (χ2n) is 6.31. The maximum absolute atomic E-state index is 12.5. The van der Waals surface area contributed by atoms with Crippen LogP contribution in [0.3, 0.4) is 0 Å². The van der Waals surface area contributed by atoms with Crippen LogP contribution in [0.5, 0.6) is 0 Å². The summed E-state index contributed by atoms with van der Waals surface area (Å²) < 4.78 is 0. The molecule has 3 aromatic rings. The number of benzene rings is 1. The van der Waals surface area contributed by atoms with Crippen molar-refractivity contribution in [1.29, 1.82) is 0 Å². The Morgan fingerprint density at radius 1 is 1.28 bits per heavy atom. The molecule has 2 heterocycles. The zero-order chi connectivity index (χ0) is 17.4. The second-order valence-corrected chi connectivity index (χ2v) is 8.44. The van der Waals surface area contributed by atoms with Crippen LogP contribution in [-0.2, 0) is 6.54 Å². The summed E-state index contributed by atoms with van der Waals surface area (Å²) >= 11 is 2.98. The van der Waals surface area contributed by atoms with E-state index in [1.54, 1.807) is 0 Å². The number of thiophene rings is 1. The molecule has 0 unspecified atom stereocenters. The molecule has 0 amide bonds. The zero-order valence-electron chi connectivity index (χ0n) is 14.0. The number of carbonyl (C=O) groups is 1. The lowest BCUT2D eigenvalue weighted by Crippen LogP contribution is -2.01. The first-order valence-corrected chi connectivity index (χ1v) is 10.2. The molecule has 0 spiro atoms. The lowest BCUT2D eigenvalue weighted by Gasteiger charge is -2.08. The van der Waals surface area contributed by atoms with Crippen molar-refractivity contribution in [2.45, 2.75) is 37.3 Å². The lowest BCUT2D eigenvalue weighted by molar-refractivity contribution is 0.102. The second kappa shape index (κ2) is 6.86. The Hall–Kier alpha value is -1.76. The van der Waals surface area contributed by atoms with Gasteiger partial charge >= 0.3 is 0 Å². The fraction of sp³-hybridized carbons (Fsp3) is 0.316. The third kappa shape index (κ3) is 3.61. The van der Waals surface area contributed by atoms with Gasteiger partial charge in [0, 0.05) is 16.8 Å². The molecule has 1 aliphatic carbocycles. The number of Topliss-reactive ketones (excluding diaryl/α,β-unsaturated/α-hetero) is 1. The Balaban J connectivity index is 1.59. The van der Waals surface area contributed by atoms with Gasteiger partial charge in [0.25, 0.3) is 0 Å². The van der Waals surface area contributed by atoms with Crippen molar-refractivity contribution in [3.63, 3.8) is 0 Å². The first-order chi connectivity index (χ1) is 12.1. The highest BCUT2D eigenvalue weighted by Crippen LogP contribution is 2.41. The van der Waals surface area contributed by atoms with Crippen LogP contribution < -0.4 is 5.73 Å². The van der Waals surface area contributed by atoms with Gasteiger partial charge in [-0.1, -0.05) is 17.8 Å². The van der Waals surface area contributed by atoms with E-state index in [-0.39, 0.29) is 5.78 Å². The van der Waals surface area contributed by atoms with Crippen molar-refractivity contribution >= 4 is 39.8 Å². The Kier molecular flexibility index (Phi) is 4.58. The summed E-state index contributed by atoms with van der Waals surface area (Å²) in [5, 5.41) is 1.95. The molecule has 4 rings (SSSR count). The minimum Gasteiger partial charge on any atom is -0.326 e. The monoisotopic (exact) mass is 369 g/mol. The van der Waals surface area contributed by atoms with Crippen molar-refractivity contribution in [2.75, 3.05) is 5.75 Å². The number of carbonyl (C=O) groups excluding carboxylic acids is 1. The topological polar surface area (TPSA) is 68.9 Å². The number of nitrogens with two attached hydrogens (primary N) is 1. The number of fused-ring (bicyclic) bond motifs is 1. The summed E-state index contributed by atoms with van der Waals surface area (Å²) in [6.07, 6.45) is 2.53. The minimum atomic E-state index is 0.123. The zero-order valence-corrected chi connectivity index (χ0v) is 15.6. The normalized spacial score (nSPS) is 14.2. The van der Waals surface area contributed by atoms with Crippen molar-refractivity contribution < 1.29 is 4.79 Å². The molecular weight excluding hydrogens is 350 g/mol. The molecule has 1 aromatic carbocycles. The van der Waals surface area contributed by atoms with Crippen molar-refractivity contribution in [1.82, 2.24) is 9.97 Å². The van der Waals surface area contributed by atoms with Gasteiger partial charge < -0.3 is 5.73 Å². The van der Waals surface area contributed by atoms with Crippen LogP contribution in [0.15, 0.2) is 35.4 Å². The van der Waals surface area contributed by atoms with Gasteiger partial charge in [-0.3, -0.25) is 4.79 Å². The number of hydrogen-bond acceptors (Lipinski definition) is 6. The summed E-state index contributed by atoms with van der Waals surface area (Å²) in [7, 11) is 0. The molecule has 1 saturated carbocycles. The highest BCUT2D eigenvalue weighted by atomic mass is 32.2. The molecule has 0 atom stereocenters. The standard InChI is InChI=1S/C19H19N3OS2/c1-11-21-16-6-4-13(12-2-3-12)8-15(16)19(22-11)24-10-17(23)18-7-5-14(9-20)25-18/h4-8,12H,2-3,9-10,20H2,1H3. The van der Waals surface area contributed by atoms with E-state index < -0.39 is 0 Å². The van der Waals surface area contributed by atoms with E-state index in [2.05, 4.69) is 28.2 Å². The van der Waals surface area contributed by atoms with Gasteiger partial charge in [0.05, 0.1) is 16.1 Å². The molecule has 2 aromatic heterocycles. The fourth-order valence-corrected chi connectivity index (χ4v) is 4.71. The molecule has 128 valence electrons. The fourth-order valence-electron chi connectivity index (χ4n) is 2.85. The number of rotatable bonds is 6. The maximum Gasteiger partial charge on any atom is 0.183 e. The largest absolute Gasteiger partial charge is 0.326 e. The van der Waals surface area contributed by atoms with E-state index >= 15 is 0 Å². The molecule has 4 nitrogen and oxygen atoms in total. The van der Waals surface area contributed by atoms with Crippen LogP contribution in [-0.4, -0.2) is 21.5 Å². The van der Waals surface area contributed by atoms with E-state index in [1.807, 2.05) is 19.1 Å². The third-order valence-corrected chi connectivity index (χ3v) is 6.46. The number of hydrogen-bond donors (Lipinski definition) is 1. The molecule has 0 aliphatic heterocycles. The van der Waals surface area contributed by atoms with Crippen LogP contribution in [0.4, 0.5) is 0 Å². The molecule has 0 saturated heterocycles. The van der Waals surface area contributed by atoms with Gasteiger partial charge in [0.1, 0.15) is 10.9 Å². The number of nitrogens with zero attached hydrogens (tertiary/aromatic N) is 2. The smallest absolute Gasteiger partial charge is 0.183 e. The minimum absolute atomic E-state index is 0.123. The van der Waals surface area contributed by atoms with Crippen LogP contribution in [0.25, 0.3) is 10.9 Å². The molecule has 6 heteroatoms. The quantitative estimate of drug-likeness (QED) is 0.398. The summed E-state index contributed by atoms with van der Waals surface area (Å²) in [4.78, 5) is 23.4. The van der Waals surface area contributed by atoms with Gasteiger partial charge in [0.15, 0.2) is 5.78 Å². The molecule has 0 radical (unpaired) electrons. The molecule has 1 fully saturated rings. The number of aryl methyl sites for hydroxylation is 1. The molecule has 1 aliphatic rings.